The van der Waals surface area contributed by atoms with Gasteiger partial charge in [0.1, 0.15) is 11.4 Å². The van der Waals surface area contributed by atoms with Gasteiger partial charge in [-0.2, -0.15) is 0 Å². The lowest BCUT2D eigenvalue weighted by molar-refractivity contribution is -0.290. The Balaban J connectivity index is 1.59. The van der Waals surface area contributed by atoms with Gasteiger partial charge >= 0.3 is 5.97 Å². The topological polar surface area (TPSA) is 57.7 Å². The van der Waals surface area contributed by atoms with E-state index in [9.17, 15) is 9.18 Å². The summed E-state index contributed by atoms with van der Waals surface area (Å²) in [6.07, 6.45) is 7.12. The Bertz CT molecular complexity index is 1500. The summed E-state index contributed by atoms with van der Waals surface area (Å²) >= 11 is 0. The summed E-state index contributed by atoms with van der Waals surface area (Å²) in [5.41, 5.74) is 8.22. The fraction of sp³-hybridized carbons (Fsp3) is 0.459. The monoisotopic (exact) mass is 585 g/mol. The van der Waals surface area contributed by atoms with Gasteiger partial charge in [0.25, 0.3) is 0 Å². The maximum absolute atomic E-state index is 14.1. The maximum atomic E-state index is 14.1. The average Bonchev–Trinajstić information content (AvgIpc) is 3.09. The molecule has 2 heterocycles. The van der Waals surface area contributed by atoms with E-state index in [1.54, 1.807) is 0 Å². The van der Waals surface area contributed by atoms with E-state index in [1.807, 2.05) is 46.8 Å². The molecule has 1 aliphatic carbocycles. The van der Waals surface area contributed by atoms with Crippen LogP contribution in [-0.4, -0.2) is 34.5 Å². The molecule has 3 aromatic rings. The Morgan fingerprint density at radius 1 is 1.09 bits per heavy atom. The Morgan fingerprint density at radius 3 is 2.51 bits per heavy atom. The van der Waals surface area contributed by atoms with E-state index in [0.29, 0.717) is 6.42 Å². The minimum atomic E-state index is -0.865. The number of esters is 1. The Kier molecular flexibility index (Phi) is 8.92. The van der Waals surface area contributed by atoms with Gasteiger partial charge in [0.15, 0.2) is 5.79 Å². The maximum Gasteiger partial charge on any atom is 0.308 e. The van der Waals surface area contributed by atoms with Crippen LogP contribution < -0.4 is 0 Å². The van der Waals surface area contributed by atoms with Crippen LogP contribution in [0.15, 0.2) is 54.6 Å². The van der Waals surface area contributed by atoms with Crippen molar-refractivity contribution in [2.75, 3.05) is 0 Å². The fourth-order valence-electron chi connectivity index (χ4n) is 6.27. The number of hydrogen-bond donors (Lipinski definition) is 0. The van der Waals surface area contributed by atoms with E-state index in [1.165, 1.54) is 28.8 Å². The van der Waals surface area contributed by atoms with Crippen molar-refractivity contribution in [1.82, 2.24) is 4.98 Å². The van der Waals surface area contributed by atoms with Crippen LogP contribution in [0, 0.1) is 5.82 Å². The van der Waals surface area contributed by atoms with Crippen LogP contribution >= 0.6 is 0 Å². The lowest BCUT2D eigenvalue weighted by Gasteiger charge is -2.40. The highest BCUT2D eigenvalue weighted by atomic mass is 19.1. The summed E-state index contributed by atoms with van der Waals surface area (Å²) in [6, 6.07) is 15.3. The molecule has 2 aromatic carbocycles. The van der Waals surface area contributed by atoms with Gasteiger partial charge in [0.2, 0.25) is 0 Å². The van der Waals surface area contributed by atoms with Gasteiger partial charge in [0, 0.05) is 17.5 Å². The number of halogens is 1. The molecule has 0 spiro atoms. The van der Waals surface area contributed by atoms with E-state index in [2.05, 4.69) is 50.3 Å². The number of pyridine rings is 1. The van der Waals surface area contributed by atoms with Crippen LogP contribution in [0.2, 0.25) is 0 Å². The highest BCUT2D eigenvalue weighted by Crippen LogP contribution is 2.42. The van der Waals surface area contributed by atoms with Crippen molar-refractivity contribution >= 4 is 12.0 Å². The lowest BCUT2D eigenvalue weighted by Crippen LogP contribution is -2.45. The van der Waals surface area contributed by atoms with Crippen molar-refractivity contribution in [2.24, 2.45) is 0 Å². The van der Waals surface area contributed by atoms with Crippen LogP contribution in [0.25, 0.3) is 28.5 Å². The first kappa shape index (κ1) is 31.1. The number of carbonyl (C=O) groups is 1. The van der Waals surface area contributed by atoms with E-state index in [-0.39, 0.29) is 36.3 Å². The molecule has 2 aliphatic rings. The summed E-state index contributed by atoms with van der Waals surface area (Å²) in [5.74, 6) is -1.26. The Morgan fingerprint density at radius 2 is 1.81 bits per heavy atom. The molecule has 2 atom stereocenters. The smallest absolute Gasteiger partial charge is 0.308 e. The predicted octanol–water partition coefficient (Wildman–Crippen LogP) is 8.82. The fourth-order valence-corrected chi connectivity index (χ4v) is 6.27. The molecule has 0 amide bonds. The summed E-state index contributed by atoms with van der Waals surface area (Å²) in [6.45, 7) is 13.7. The summed E-state index contributed by atoms with van der Waals surface area (Å²) in [4.78, 5) is 18.0. The number of ether oxygens (including phenoxy) is 3. The molecule has 6 heteroatoms. The van der Waals surface area contributed by atoms with Gasteiger partial charge < -0.3 is 14.2 Å². The van der Waals surface area contributed by atoms with E-state index in [0.717, 1.165) is 47.3 Å². The quantitative estimate of drug-likeness (QED) is 0.271. The van der Waals surface area contributed by atoms with Crippen LogP contribution in [0.3, 0.4) is 0 Å². The van der Waals surface area contributed by atoms with Crippen molar-refractivity contribution < 1.29 is 23.4 Å². The number of carbonyl (C=O) groups excluding carboxylic acids is 1. The second-order valence-corrected chi connectivity index (χ2v) is 13.5. The van der Waals surface area contributed by atoms with E-state index in [4.69, 9.17) is 19.2 Å². The van der Waals surface area contributed by atoms with Crippen molar-refractivity contribution in [2.45, 2.75) is 110 Å². The molecule has 0 saturated carbocycles. The molecule has 0 radical (unpaired) electrons. The zero-order valence-corrected chi connectivity index (χ0v) is 26.5. The van der Waals surface area contributed by atoms with Gasteiger partial charge in [-0.25, -0.2) is 4.39 Å². The van der Waals surface area contributed by atoms with Gasteiger partial charge in [-0.15, -0.1) is 0 Å². The number of benzene rings is 2. The van der Waals surface area contributed by atoms with Crippen LogP contribution in [0.1, 0.15) is 96.0 Å². The van der Waals surface area contributed by atoms with Gasteiger partial charge in [-0.3, -0.25) is 9.78 Å². The number of fused-ring (bicyclic) bond motifs is 3. The summed E-state index contributed by atoms with van der Waals surface area (Å²) < 4.78 is 32.1. The first-order valence-electron chi connectivity index (χ1n) is 15.5. The van der Waals surface area contributed by atoms with Gasteiger partial charge in [0.05, 0.1) is 30.0 Å². The summed E-state index contributed by atoms with van der Waals surface area (Å²) in [7, 11) is 0. The molecule has 43 heavy (non-hydrogen) atoms. The first-order chi connectivity index (χ1) is 20.3. The molecule has 0 N–H and O–H groups in total. The second-order valence-electron chi connectivity index (χ2n) is 13.5. The van der Waals surface area contributed by atoms with Crippen LogP contribution in [0.5, 0.6) is 0 Å². The molecule has 1 saturated heterocycles. The standard InChI is InChI=1S/C37H44FNO4/c1-23(2)34-31(20-19-27-21-28(42-37(6,7)41-27)22-32(40)43-36(3,4)5)33(25-15-17-26(38)18-16-25)30-14-10-12-24-11-8-9-13-29(24)35(30)39-34/h8-9,11,13,15-20,23,27-28H,10,12,14,21-22H2,1-7H3/t27-,28-/m1/s1. The molecule has 0 bridgehead atoms. The van der Waals surface area contributed by atoms with Gasteiger partial charge in [-0.05, 0) is 94.2 Å². The zero-order chi connectivity index (χ0) is 30.9. The van der Waals surface area contributed by atoms with E-state index < -0.39 is 11.4 Å². The number of nitrogens with zero attached hydrogens (tertiary/aromatic N) is 1. The average molecular weight is 586 g/mol. The molecular formula is C37H44FNO4. The largest absolute Gasteiger partial charge is 0.460 e. The molecule has 5 nitrogen and oxygen atoms in total. The van der Waals surface area contributed by atoms with Crippen LogP contribution in [-0.2, 0) is 31.8 Å². The second kappa shape index (κ2) is 12.3. The van der Waals surface area contributed by atoms with E-state index >= 15 is 0 Å². The highest BCUT2D eigenvalue weighted by molar-refractivity contribution is 5.85. The molecule has 5 rings (SSSR count). The molecular weight excluding hydrogens is 541 g/mol. The Labute approximate surface area is 255 Å². The van der Waals surface area contributed by atoms with Crippen molar-refractivity contribution in [3.05, 3.63) is 82.8 Å². The highest BCUT2D eigenvalue weighted by Gasteiger charge is 2.36. The minimum Gasteiger partial charge on any atom is -0.460 e. The SMILES string of the molecule is CC(C)c1nc2c(c(-c3ccc(F)cc3)c1C=C[C@@H]1C[C@H](CC(=O)OC(C)(C)C)OC(C)(C)O1)CCCc1ccccc1-2. The Hall–Kier alpha value is -3.35. The zero-order valence-electron chi connectivity index (χ0n) is 26.5. The molecule has 0 unspecified atom stereocenters. The minimum absolute atomic E-state index is 0.145. The van der Waals surface area contributed by atoms with Crippen LogP contribution in [0.4, 0.5) is 4.39 Å². The third-order valence-electron chi connectivity index (χ3n) is 7.86. The van der Waals surface area contributed by atoms with Crippen molar-refractivity contribution in [3.8, 4) is 22.4 Å². The third-order valence-corrected chi connectivity index (χ3v) is 7.86. The van der Waals surface area contributed by atoms with Gasteiger partial charge in [-0.1, -0.05) is 62.4 Å². The molecule has 1 fully saturated rings. The van der Waals surface area contributed by atoms with Crippen molar-refractivity contribution in [3.63, 3.8) is 0 Å². The normalized spacial score (nSPS) is 20.0. The number of aryl methyl sites for hydroxylation is 1. The summed E-state index contributed by atoms with van der Waals surface area (Å²) in [5, 5.41) is 0. The molecule has 228 valence electrons. The lowest BCUT2D eigenvalue weighted by atomic mass is 9.86. The number of rotatable bonds is 6. The predicted molar refractivity (Wildman–Crippen MR) is 169 cm³/mol. The number of hydrogen-bond acceptors (Lipinski definition) is 5. The van der Waals surface area contributed by atoms with Crippen molar-refractivity contribution in [1.29, 1.82) is 0 Å². The molecule has 1 aromatic heterocycles. The molecule has 1 aliphatic heterocycles. The first-order valence-corrected chi connectivity index (χ1v) is 15.5. The number of aromatic nitrogens is 1. The third kappa shape index (κ3) is 7.42.